The lowest BCUT2D eigenvalue weighted by Crippen LogP contribution is -2.38. The number of amides is 2. The Labute approximate surface area is 193 Å². The molecule has 0 saturated carbocycles. The van der Waals surface area contributed by atoms with Gasteiger partial charge < -0.3 is 9.80 Å². The smallest absolute Gasteiger partial charge is 0.278 e. The maximum Gasteiger partial charge on any atom is 0.278 e. The second-order valence-electron chi connectivity index (χ2n) is 7.97. The van der Waals surface area contributed by atoms with Crippen molar-refractivity contribution in [2.24, 2.45) is 0 Å². The molecule has 4 rings (SSSR count). The number of para-hydroxylation sites is 1. The molecule has 166 valence electrons. The third-order valence-corrected chi connectivity index (χ3v) is 6.89. The van der Waals surface area contributed by atoms with E-state index in [1.54, 1.807) is 23.7 Å². The number of nitrogens with one attached hydrogen (secondary N) is 1. The van der Waals surface area contributed by atoms with E-state index >= 15 is 0 Å². The molecule has 0 aliphatic carbocycles. The quantitative estimate of drug-likeness (QED) is 0.538. The molecule has 1 fully saturated rings. The van der Waals surface area contributed by atoms with Gasteiger partial charge in [0, 0.05) is 54.5 Å². The van der Waals surface area contributed by atoms with Gasteiger partial charge in [0.05, 0.1) is 0 Å². The number of nitrogens with zero attached hydrogens (tertiary/aromatic N) is 3. The molecule has 0 atom stereocenters. The number of rotatable bonds is 7. The molecular formula is C25H28N4O2S. The Balaban J connectivity index is 1.26. The highest BCUT2D eigenvalue weighted by molar-refractivity contribution is 7.99. The summed E-state index contributed by atoms with van der Waals surface area (Å²) < 4.78 is 0. The minimum Gasteiger partial charge on any atom is -0.343 e. The Morgan fingerprint density at radius 2 is 1.72 bits per heavy atom. The molecule has 1 saturated heterocycles. The van der Waals surface area contributed by atoms with Crippen molar-refractivity contribution in [3.05, 3.63) is 78.1 Å². The number of likely N-dealkylation sites (tertiary alicyclic amines) is 1. The second kappa shape index (κ2) is 10.5. The van der Waals surface area contributed by atoms with Gasteiger partial charge in [0.1, 0.15) is 0 Å². The first-order valence-corrected chi connectivity index (χ1v) is 11.9. The van der Waals surface area contributed by atoms with Crippen molar-refractivity contribution in [3.63, 3.8) is 0 Å². The Morgan fingerprint density at radius 3 is 2.41 bits per heavy atom. The largest absolute Gasteiger partial charge is 0.343 e. The molecule has 0 spiro atoms. The van der Waals surface area contributed by atoms with Crippen LogP contribution in [0.3, 0.4) is 0 Å². The summed E-state index contributed by atoms with van der Waals surface area (Å²) in [7, 11) is 1.76. The molecule has 2 heterocycles. The third-order valence-electron chi connectivity index (χ3n) is 5.88. The normalized spacial score (nSPS) is 14.3. The van der Waals surface area contributed by atoms with E-state index < -0.39 is 0 Å². The van der Waals surface area contributed by atoms with E-state index in [1.807, 2.05) is 59.5 Å². The number of aromatic nitrogens is 2. The van der Waals surface area contributed by atoms with Crippen molar-refractivity contribution in [1.82, 2.24) is 15.1 Å². The predicted octanol–water partition coefficient (Wildman–Crippen LogP) is 4.57. The fraction of sp³-hybridized carbons (Fsp3) is 0.320. The lowest BCUT2D eigenvalue weighted by molar-refractivity contribution is -0.131. The van der Waals surface area contributed by atoms with Crippen LogP contribution in [0.2, 0.25) is 0 Å². The van der Waals surface area contributed by atoms with Gasteiger partial charge in [-0.15, -0.1) is 11.8 Å². The van der Waals surface area contributed by atoms with E-state index in [0.29, 0.717) is 12.1 Å². The Hall–Kier alpha value is -3.06. The molecule has 2 aromatic carbocycles. The number of H-pyrrole nitrogens is 1. The van der Waals surface area contributed by atoms with Gasteiger partial charge in [-0.25, -0.2) is 0 Å². The highest BCUT2D eigenvalue weighted by Crippen LogP contribution is 2.28. The average molecular weight is 449 g/mol. The number of hydrogen-bond acceptors (Lipinski definition) is 4. The third kappa shape index (κ3) is 5.40. The fourth-order valence-corrected chi connectivity index (χ4v) is 4.83. The zero-order valence-electron chi connectivity index (χ0n) is 18.2. The van der Waals surface area contributed by atoms with Crippen LogP contribution in [0, 0.1) is 0 Å². The molecule has 0 radical (unpaired) electrons. The number of thioether (sulfide) groups is 1. The fourth-order valence-electron chi connectivity index (χ4n) is 3.97. The minimum atomic E-state index is -0.137. The maximum atomic E-state index is 12.8. The van der Waals surface area contributed by atoms with Gasteiger partial charge in [0.2, 0.25) is 5.91 Å². The van der Waals surface area contributed by atoms with Crippen molar-refractivity contribution >= 4 is 29.3 Å². The van der Waals surface area contributed by atoms with Gasteiger partial charge in [-0.05, 0) is 43.2 Å². The predicted molar refractivity (Wildman–Crippen MR) is 128 cm³/mol. The van der Waals surface area contributed by atoms with E-state index in [1.165, 1.54) is 4.90 Å². The lowest BCUT2D eigenvalue weighted by atomic mass is 9.93. The van der Waals surface area contributed by atoms with Crippen LogP contribution < -0.4 is 4.90 Å². The van der Waals surface area contributed by atoms with Crippen LogP contribution in [-0.4, -0.2) is 52.8 Å². The Morgan fingerprint density at radius 1 is 1.06 bits per heavy atom. The zero-order chi connectivity index (χ0) is 22.3. The van der Waals surface area contributed by atoms with Gasteiger partial charge in [0.25, 0.3) is 5.91 Å². The van der Waals surface area contributed by atoms with E-state index in [2.05, 4.69) is 22.3 Å². The van der Waals surface area contributed by atoms with Crippen molar-refractivity contribution in [3.8, 4) is 0 Å². The summed E-state index contributed by atoms with van der Waals surface area (Å²) in [6, 6.07) is 21.6. The minimum absolute atomic E-state index is 0.137. The van der Waals surface area contributed by atoms with Gasteiger partial charge >= 0.3 is 0 Å². The van der Waals surface area contributed by atoms with Crippen molar-refractivity contribution in [2.45, 2.75) is 30.1 Å². The molecule has 1 N–H and O–H groups in total. The number of hydrogen-bond donors (Lipinski definition) is 1. The first kappa shape index (κ1) is 22.1. The summed E-state index contributed by atoms with van der Waals surface area (Å²) in [6.07, 6.45) is 2.31. The molecule has 6 nitrogen and oxygen atoms in total. The van der Waals surface area contributed by atoms with Crippen LogP contribution in [0.25, 0.3) is 0 Å². The van der Waals surface area contributed by atoms with Crippen molar-refractivity contribution in [1.29, 1.82) is 0 Å². The van der Waals surface area contributed by atoms with Crippen LogP contribution in [0.1, 0.15) is 41.4 Å². The van der Waals surface area contributed by atoms with Crippen molar-refractivity contribution < 1.29 is 9.59 Å². The summed E-state index contributed by atoms with van der Waals surface area (Å²) in [5.41, 5.74) is 2.23. The number of carbonyl (C=O) groups is 2. The average Bonchev–Trinajstić information content (AvgIpc) is 3.35. The molecule has 1 aliphatic rings. The number of aromatic amines is 1. The molecular weight excluding hydrogens is 420 g/mol. The Bertz CT molecular complexity index is 1030. The topological polar surface area (TPSA) is 69.3 Å². The first-order chi connectivity index (χ1) is 15.6. The van der Waals surface area contributed by atoms with Crippen molar-refractivity contribution in [2.75, 3.05) is 30.8 Å². The summed E-state index contributed by atoms with van der Waals surface area (Å²) >= 11 is 1.72. The van der Waals surface area contributed by atoms with Gasteiger partial charge in [-0.1, -0.05) is 36.4 Å². The molecule has 2 amide bonds. The van der Waals surface area contributed by atoms with E-state index in [9.17, 15) is 9.59 Å². The monoisotopic (exact) mass is 448 g/mol. The number of piperidine rings is 1. The molecule has 1 aromatic heterocycles. The van der Waals surface area contributed by atoms with E-state index in [0.717, 1.165) is 43.1 Å². The summed E-state index contributed by atoms with van der Waals surface area (Å²) in [5, 5.41) is 7.32. The van der Waals surface area contributed by atoms with Gasteiger partial charge in [0.15, 0.2) is 5.69 Å². The summed E-state index contributed by atoms with van der Waals surface area (Å²) in [4.78, 5) is 30.1. The Kier molecular flexibility index (Phi) is 7.27. The maximum absolute atomic E-state index is 12.8. The van der Waals surface area contributed by atoms with E-state index in [-0.39, 0.29) is 17.7 Å². The molecule has 7 heteroatoms. The highest BCUT2D eigenvalue weighted by atomic mass is 32.2. The lowest BCUT2D eigenvalue weighted by Gasteiger charge is -2.31. The number of anilines is 1. The summed E-state index contributed by atoms with van der Waals surface area (Å²) in [5.74, 6) is 1.16. The van der Waals surface area contributed by atoms with Crippen LogP contribution >= 0.6 is 11.8 Å². The molecule has 0 unspecified atom stereocenters. The van der Waals surface area contributed by atoms with Gasteiger partial charge in [-0.2, -0.15) is 5.10 Å². The standard InChI is InChI=1S/C25H28N4O2S/c1-28(20-8-4-2-5-9-20)25(31)23-18-22(26-27-23)19-12-15-29(16-13-19)24(30)14-17-32-21-10-6-3-7-11-21/h2-11,18-19H,12-17H2,1H3,(H,26,27). The highest BCUT2D eigenvalue weighted by Gasteiger charge is 2.26. The SMILES string of the molecule is CN(C(=O)c1cc(C2CCN(C(=O)CCSc3ccccc3)CC2)[nH]n1)c1ccccc1. The number of benzene rings is 2. The molecule has 3 aromatic rings. The molecule has 1 aliphatic heterocycles. The zero-order valence-corrected chi connectivity index (χ0v) is 19.1. The number of carbonyl (C=O) groups excluding carboxylic acids is 2. The summed E-state index contributed by atoms with van der Waals surface area (Å²) in [6.45, 7) is 1.48. The van der Waals surface area contributed by atoms with Crippen LogP contribution in [-0.2, 0) is 4.79 Å². The van der Waals surface area contributed by atoms with Gasteiger partial charge in [-0.3, -0.25) is 14.7 Å². The molecule has 0 bridgehead atoms. The van der Waals surface area contributed by atoms with E-state index in [4.69, 9.17) is 0 Å². The van der Waals surface area contributed by atoms with Crippen LogP contribution in [0.5, 0.6) is 0 Å². The second-order valence-corrected chi connectivity index (χ2v) is 9.14. The van der Waals surface area contributed by atoms with Crippen LogP contribution in [0.15, 0.2) is 71.6 Å². The van der Waals surface area contributed by atoms with Crippen LogP contribution in [0.4, 0.5) is 5.69 Å². The first-order valence-electron chi connectivity index (χ1n) is 11.0. The molecule has 32 heavy (non-hydrogen) atoms.